The van der Waals surface area contributed by atoms with Crippen molar-refractivity contribution in [2.75, 3.05) is 32.7 Å². The highest BCUT2D eigenvalue weighted by atomic mass is 16.5. The molecular weight excluding hydrogens is 290 g/mol. The van der Waals surface area contributed by atoms with Crippen LogP contribution in [-0.4, -0.2) is 59.9 Å². The van der Waals surface area contributed by atoms with Crippen LogP contribution >= 0.6 is 0 Å². The maximum atomic E-state index is 10.4. The molecule has 2 aliphatic heterocycles. The normalized spacial score (nSPS) is 23.0. The lowest BCUT2D eigenvalue weighted by molar-refractivity contribution is -0.0183. The Labute approximate surface area is 139 Å². The first-order valence-corrected chi connectivity index (χ1v) is 8.93. The summed E-state index contributed by atoms with van der Waals surface area (Å²) in [5.74, 6) is 0.468. The molecule has 2 aliphatic rings. The Morgan fingerprint density at radius 3 is 2.74 bits per heavy atom. The summed E-state index contributed by atoms with van der Waals surface area (Å²) in [7, 11) is 0. The van der Waals surface area contributed by atoms with E-state index in [1.807, 2.05) is 12.3 Å². The summed E-state index contributed by atoms with van der Waals surface area (Å²) < 4.78 is 6.00. The Morgan fingerprint density at radius 1 is 1.26 bits per heavy atom. The molecule has 3 rings (SSSR count). The van der Waals surface area contributed by atoms with Crippen molar-refractivity contribution in [1.82, 2.24) is 15.2 Å². The molecule has 128 valence electrons. The van der Waals surface area contributed by atoms with Crippen LogP contribution < -0.4 is 5.32 Å². The summed E-state index contributed by atoms with van der Waals surface area (Å²) in [6.45, 7) is 5.62. The number of rotatable bonds is 6. The van der Waals surface area contributed by atoms with E-state index in [0.29, 0.717) is 18.6 Å². The minimum atomic E-state index is -0.176. The topological polar surface area (TPSA) is 57.6 Å². The summed E-state index contributed by atoms with van der Waals surface area (Å²) in [6, 6.07) is 4.00. The number of pyridine rings is 1. The average molecular weight is 319 g/mol. The summed E-state index contributed by atoms with van der Waals surface area (Å²) in [6.07, 6.45) is 8.13. The highest BCUT2D eigenvalue weighted by molar-refractivity contribution is 5.06. The van der Waals surface area contributed by atoms with Gasteiger partial charge in [-0.1, -0.05) is 6.07 Å². The third-order valence-corrected chi connectivity index (χ3v) is 5.12. The lowest BCUT2D eigenvalue weighted by Crippen LogP contribution is -2.44. The Balaban J connectivity index is 1.35. The van der Waals surface area contributed by atoms with Crippen molar-refractivity contribution in [2.45, 2.75) is 44.5 Å². The van der Waals surface area contributed by atoms with Gasteiger partial charge in [-0.25, -0.2) is 0 Å². The van der Waals surface area contributed by atoms with E-state index < -0.39 is 0 Å². The molecule has 5 heteroatoms. The zero-order chi connectivity index (χ0) is 15.9. The smallest absolute Gasteiger partial charge is 0.0735 e. The van der Waals surface area contributed by atoms with Gasteiger partial charge in [0.1, 0.15) is 0 Å². The van der Waals surface area contributed by atoms with Crippen molar-refractivity contribution in [2.24, 2.45) is 5.92 Å². The van der Waals surface area contributed by atoms with E-state index in [9.17, 15) is 5.11 Å². The van der Waals surface area contributed by atoms with Crippen molar-refractivity contribution < 1.29 is 9.84 Å². The quantitative estimate of drug-likeness (QED) is 0.830. The van der Waals surface area contributed by atoms with Crippen molar-refractivity contribution in [3.05, 3.63) is 30.1 Å². The van der Waals surface area contributed by atoms with Crippen molar-refractivity contribution >= 4 is 0 Å². The van der Waals surface area contributed by atoms with Crippen LogP contribution in [0.4, 0.5) is 0 Å². The van der Waals surface area contributed by atoms with Crippen molar-refractivity contribution in [1.29, 1.82) is 0 Å². The molecule has 5 nitrogen and oxygen atoms in total. The lowest BCUT2D eigenvalue weighted by atomic mass is 9.91. The molecular formula is C18H29N3O2. The summed E-state index contributed by atoms with van der Waals surface area (Å²) >= 11 is 0. The predicted octanol–water partition coefficient (Wildman–Crippen LogP) is 1.42. The van der Waals surface area contributed by atoms with Gasteiger partial charge in [0.05, 0.1) is 18.8 Å². The van der Waals surface area contributed by atoms with Gasteiger partial charge in [0.2, 0.25) is 0 Å². The molecule has 1 unspecified atom stereocenters. The minimum absolute atomic E-state index is 0.176. The lowest BCUT2D eigenvalue weighted by Gasteiger charge is -2.35. The number of nitrogens with one attached hydrogen (secondary N) is 1. The van der Waals surface area contributed by atoms with E-state index >= 15 is 0 Å². The molecule has 0 radical (unpaired) electrons. The molecule has 1 aromatic heterocycles. The van der Waals surface area contributed by atoms with Gasteiger partial charge in [-0.15, -0.1) is 0 Å². The highest BCUT2D eigenvalue weighted by Crippen LogP contribution is 2.20. The fourth-order valence-electron chi connectivity index (χ4n) is 3.60. The van der Waals surface area contributed by atoms with Gasteiger partial charge in [-0.3, -0.25) is 4.98 Å². The van der Waals surface area contributed by atoms with E-state index in [2.05, 4.69) is 21.3 Å². The van der Waals surface area contributed by atoms with Crippen LogP contribution in [0.2, 0.25) is 0 Å². The number of β-amino-alcohol motifs (C(OH)–C–C–N with tert-alkyl or cyclic N) is 1. The zero-order valence-corrected chi connectivity index (χ0v) is 13.9. The van der Waals surface area contributed by atoms with Crippen LogP contribution in [0.1, 0.15) is 31.2 Å². The van der Waals surface area contributed by atoms with Crippen molar-refractivity contribution in [3.8, 4) is 0 Å². The minimum Gasteiger partial charge on any atom is -0.392 e. The Morgan fingerprint density at radius 2 is 2.04 bits per heavy atom. The van der Waals surface area contributed by atoms with Crippen LogP contribution in [0.15, 0.2) is 24.5 Å². The van der Waals surface area contributed by atoms with E-state index in [4.69, 9.17) is 4.74 Å². The first-order chi connectivity index (χ1) is 11.3. The molecule has 23 heavy (non-hydrogen) atoms. The first kappa shape index (κ1) is 16.8. The molecule has 1 atom stereocenters. The fraction of sp³-hybridized carbons (Fsp3) is 0.722. The highest BCUT2D eigenvalue weighted by Gasteiger charge is 2.26. The number of piperidine rings is 2. The second-order valence-corrected chi connectivity index (χ2v) is 6.83. The molecule has 0 amide bonds. The van der Waals surface area contributed by atoms with Crippen LogP contribution in [0, 0.1) is 5.92 Å². The molecule has 0 saturated carbocycles. The summed E-state index contributed by atoms with van der Waals surface area (Å²) in [4.78, 5) is 6.52. The van der Waals surface area contributed by atoms with Gasteiger partial charge < -0.3 is 20.1 Å². The monoisotopic (exact) mass is 319 g/mol. The maximum Gasteiger partial charge on any atom is 0.0735 e. The van der Waals surface area contributed by atoms with Crippen molar-refractivity contribution in [3.63, 3.8) is 0 Å². The number of aliphatic hydroxyl groups excluding tert-OH is 1. The SMILES string of the molecule is OC(CN1CCC(OCc2cccnc2)CC1)C1CCNCC1. The van der Waals surface area contributed by atoms with Gasteiger partial charge in [-0.05, 0) is 56.3 Å². The molecule has 0 aliphatic carbocycles. The predicted molar refractivity (Wildman–Crippen MR) is 90.1 cm³/mol. The van der Waals surface area contributed by atoms with Crippen LogP contribution in [0.25, 0.3) is 0 Å². The second kappa shape index (κ2) is 8.73. The third-order valence-electron chi connectivity index (χ3n) is 5.12. The van der Waals surface area contributed by atoms with E-state index in [-0.39, 0.29) is 6.10 Å². The Kier molecular flexibility index (Phi) is 6.39. The Bertz CT molecular complexity index is 443. The summed E-state index contributed by atoms with van der Waals surface area (Å²) in [5.41, 5.74) is 1.14. The number of hydrogen-bond donors (Lipinski definition) is 2. The fourth-order valence-corrected chi connectivity index (χ4v) is 3.60. The van der Waals surface area contributed by atoms with E-state index in [1.54, 1.807) is 6.20 Å². The molecule has 1 aromatic rings. The molecule has 2 saturated heterocycles. The van der Waals surface area contributed by atoms with Gasteiger partial charge in [0.25, 0.3) is 0 Å². The average Bonchev–Trinajstić information content (AvgIpc) is 2.63. The molecule has 2 fully saturated rings. The van der Waals surface area contributed by atoms with Crippen LogP contribution in [0.3, 0.4) is 0 Å². The number of aliphatic hydroxyl groups is 1. The molecule has 0 bridgehead atoms. The van der Waals surface area contributed by atoms with E-state index in [0.717, 1.165) is 64.0 Å². The molecule has 0 spiro atoms. The standard InChI is InChI=1S/C18H29N3O2/c22-18(16-3-8-19-9-4-16)13-21-10-5-17(6-11-21)23-14-15-2-1-7-20-12-15/h1-2,7,12,16-19,22H,3-6,8-11,13-14H2. The molecule has 2 N–H and O–H groups in total. The zero-order valence-electron chi connectivity index (χ0n) is 13.9. The van der Waals surface area contributed by atoms with Gasteiger partial charge in [-0.2, -0.15) is 0 Å². The van der Waals surface area contributed by atoms with Crippen LogP contribution in [-0.2, 0) is 11.3 Å². The number of hydrogen-bond acceptors (Lipinski definition) is 5. The van der Waals surface area contributed by atoms with Crippen LogP contribution in [0.5, 0.6) is 0 Å². The second-order valence-electron chi connectivity index (χ2n) is 6.83. The number of aromatic nitrogens is 1. The summed E-state index contributed by atoms with van der Waals surface area (Å²) in [5, 5.41) is 13.8. The maximum absolute atomic E-state index is 10.4. The van der Waals surface area contributed by atoms with E-state index in [1.165, 1.54) is 0 Å². The molecule has 0 aromatic carbocycles. The van der Waals surface area contributed by atoms with Gasteiger partial charge >= 0.3 is 0 Å². The van der Waals surface area contributed by atoms with Gasteiger partial charge in [0.15, 0.2) is 0 Å². The largest absolute Gasteiger partial charge is 0.392 e. The number of likely N-dealkylation sites (tertiary alicyclic amines) is 1. The number of nitrogens with zero attached hydrogens (tertiary/aromatic N) is 2. The third kappa shape index (κ3) is 5.24. The van der Waals surface area contributed by atoms with Gasteiger partial charge in [0, 0.05) is 32.0 Å². The number of ether oxygens (including phenoxy) is 1. The molecule has 3 heterocycles. The first-order valence-electron chi connectivity index (χ1n) is 8.93. The Hall–Kier alpha value is -1.01.